The highest BCUT2D eigenvalue weighted by molar-refractivity contribution is 6.74. The highest BCUT2D eigenvalue weighted by atomic mass is 28.4. The summed E-state index contributed by atoms with van der Waals surface area (Å²) in [6, 6.07) is 7.92. The second-order valence-corrected chi connectivity index (χ2v) is 24.4. The predicted molar refractivity (Wildman–Crippen MR) is 185 cm³/mol. The van der Waals surface area contributed by atoms with Gasteiger partial charge in [0.25, 0.3) is 0 Å². The molecule has 0 radical (unpaired) electrons. The number of ether oxygens (including phenoxy) is 3. The first-order valence-corrected chi connectivity index (χ1v) is 21.4. The third kappa shape index (κ3) is 12.0. The SMILES string of the molecule is COc1ccc(COC/C=C(\C)[C@H](OC)[C@@H](C)[C@H](C[C@H](O[Si](C)(C)C(C)(C)C)/C(C)=C/C=O)O[Si](C)(C)C(C)(C)C)cc1. The molecule has 0 N–H and O–H groups in total. The Balaban J connectivity index is 3.31. The highest BCUT2D eigenvalue weighted by Gasteiger charge is 2.44. The molecule has 0 unspecified atom stereocenters. The van der Waals surface area contributed by atoms with Crippen molar-refractivity contribution in [1.82, 2.24) is 0 Å². The van der Waals surface area contributed by atoms with Gasteiger partial charge >= 0.3 is 0 Å². The third-order valence-electron chi connectivity index (χ3n) is 9.50. The van der Waals surface area contributed by atoms with E-state index in [9.17, 15) is 4.79 Å². The smallest absolute Gasteiger partial charge is 0.192 e. The monoisotopic (exact) mass is 634 g/mol. The van der Waals surface area contributed by atoms with Gasteiger partial charge in [-0.25, -0.2) is 0 Å². The van der Waals surface area contributed by atoms with E-state index in [2.05, 4.69) is 87.7 Å². The quantitative estimate of drug-likeness (QED) is 0.0560. The van der Waals surface area contributed by atoms with Crippen LogP contribution in [0.1, 0.15) is 74.3 Å². The van der Waals surface area contributed by atoms with Crippen LogP contribution in [0.2, 0.25) is 36.3 Å². The molecule has 4 atom stereocenters. The fourth-order valence-electron chi connectivity index (χ4n) is 4.43. The van der Waals surface area contributed by atoms with E-state index in [4.69, 9.17) is 23.1 Å². The molecule has 0 spiro atoms. The van der Waals surface area contributed by atoms with Gasteiger partial charge in [0.2, 0.25) is 0 Å². The van der Waals surface area contributed by atoms with E-state index in [1.54, 1.807) is 20.3 Å². The second kappa shape index (κ2) is 16.7. The average Bonchev–Trinajstić information content (AvgIpc) is 2.89. The molecule has 0 aromatic heterocycles. The van der Waals surface area contributed by atoms with Gasteiger partial charge in [0.05, 0.1) is 38.6 Å². The minimum Gasteiger partial charge on any atom is -0.497 e. The molecular formula is C35H62O6Si2. The fraction of sp³-hybridized carbons (Fsp3) is 0.686. The first-order valence-electron chi connectivity index (χ1n) is 15.6. The Morgan fingerprint density at radius 1 is 0.860 bits per heavy atom. The topological polar surface area (TPSA) is 63.2 Å². The summed E-state index contributed by atoms with van der Waals surface area (Å²) in [5.74, 6) is 0.867. The summed E-state index contributed by atoms with van der Waals surface area (Å²) in [6.07, 6.45) is 4.74. The Labute approximate surface area is 265 Å². The molecule has 0 aliphatic rings. The Morgan fingerprint density at radius 2 is 1.40 bits per heavy atom. The molecule has 0 amide bonds. The lowest BCUT2D eigenvalue weighted by Crippen LogP contribution is -2.50. The number of hydrogen-bond donors (Lipinski definition) is 0. The summed E-state index contributed by atoms with van der Waals surface area (Å²) < 4.78 is 31.5. The van der Waals surface area contributed by atoms with Crippen molar-refractivity contribution in [3.8, 4) is 5.75 Å². The van der Waals surface area contributed by atoms with Gasteiger partial charge in [-0.05, 0) is 85.0 Å². The molecule has 1 rings (SSSR count). The number of carbonyl (C=O) groups is 1. The molecule has 43 heavy (non-hydrogen) atoms. The van der Waals surface area contributed by atoms with Gasteiger partial charge in [-0.15, -0.1) is 0 Å². The molecule has 0 saturated heterocycles. The van der Waals surface area contributed by atoms with Crippen LogP contribution >= 0.6 is 0 Å². The maximum absolute atomic E-state index is 11.6. The van der Waals surface area contributed by atoms with Crippen molar-refractivity contribution >= 4 is 22.9 Å². The zero-order chi connectivity index (χ0) is 33.2. The first kappa shape index (κ1) is 39.5. The van der Waals surface area contributed by atoms with Crippen LogP contribution in [0.4, 0.5) is 0 Å². The molecule has 0 bridgehead atoms. The van der Waals surface area contributed by atoms with Gasteiger partial charge in [-0.1, -0.05) is 66.7 Å². The number of aldehydes is 1. The van der Waals surface area contributed by atoms with Crippen LogP contribution < -0.4 is 4.74 Å². The zero-order valence-electron chi connectivity index (χ0n) is 29.9. The maximum Gasteiger partial charge on any atom is 0.192 e. The summed E-state index contributed by atoms with van der Waals surface area (Å²) >= 11 is 0. The molecule has 1 aromatic carbocycles. The lowest BCUT2D eigenvalue weighted by molar-refractivity contribution is -0.104. The number of carbonyl (C=O) groups excluding carboxylic acids is 1. The summed E-state index contributed by atoms with van der Waals surface area (Å²) in [7, 11) is -0.863. The van der Waals surface area contributed by atoms with Crippen molar-refractivity contribution in [2.24, 2.45) is 5.92 Å². The van der Waals surface area contributed by atoms with Crippen molar-refractivity contribution in [2.45, 2.75) is 130 Å². The normalized spacial score (nSPS) is 16.9. The largest absolute Gasteiger partial charge is 0.497 e. The molecule has 6 nitrogen and oxygen atoms in total. The highest BCUT2D eigenvalue weighted by Crippen LogP contribution is 2.42. The fourth-order valence-corrected chi connectivity index (χ4v) is 7.19. The molecular weight excluding hydrogens is 573 g/mol. The van der Waals surface area contributed by atoms with Crippen LogP contribution in [-0.4, -0.2) is 62.1 Å². The summed E-state index contributed by atoms with van der Waals surface area (Å²) in [5, 5.41) is 0.0749. The minimum atomic E-state index is -2.16. The minimum absolute atomic E-state index is 0.0338. The number of allylic oxidation sites excluding steroid dienone is 1. The van der Waals surface area contributed by atoms with E-state index in [-0.39, 0.29) is 34.3 Å². The molecule has 1 aromatic rings. The van der Waals surface area contributed by atoms with E-state index in [1.165, 1.54) is 0 Å². The van der Waals surface area contributed by atoms with Gasteiger partial charge < -0.3 is 23.1 Å². The Bertz CT molecular complexity index is 1050. The van der Waals surface area contributed by atoms with Crippen molar-refractivity contribution in [1.29, 1.82) is 0 Å². The van der Waals surface area contributed by atoms with E-state index in [0.717, 1.165) is 28.7 Å². The lowest BCUT2D eigenvalue weighted by Gasteiger charge is -2.45. The summed E-state index contributed by atoms with van der Waals surface area (Å²) in [6.45, 7) is 30.0. The predicted octanol–water partition coefficient (Wildman–Crippen LogP) is 9.13. The second-order valence-electron chi connectivity index (χ2n) is 14.9. The van der Waals surface area contributed by atoms with Crippen LogP contribution in [0.15, 0.2) is 47.6 Å². The Hall–Kier alpha value is -1.56. The van der Waals surface area contributed by atoms with Gasteiger partial charge in [0.1, 0.15) is 12.0 Å². The molecule has 0 fully saturated rings. The van der Waals surface area contributed by atoms with Gasteiger partial charge in [-0.3, -0.25) is 4.79 Å². The summed E-state index contributed by atoms with van der Waals surface area (Å²) in [4.78, 5) is 11.6. The molecule has 8 heteroatoms. The van der Waals surface area contributed by atoms with Crippen LogP contribution in [0, 0.1) is 5.92 Å². The zero-order valence-corrected chi connectivity index (χ0v) is 31.9. The molecule has 0 aliphatic carbocycles. The standard InChI is InChI=1S/C35H62O6Si2/c1-26(20-22-36)31(40-42(12,13)34(4,5)6)24-32(41-43(14,15)35(7,8)9)28(3)33(38-11)27(2)21-23-39-25-29-16-18-30(37-10)19-17-29/h16-22,28,31-33H,23-25H2,1-15H3/b26-20+,27-21+/t28-,31-,32-,33-/m0/s1. The molecule has 0 saturated carbocycles. The van der Waals surface area contributed by atoms with Crippen LogP contribution in [0.5, 0.6) is 5.75 Å². The van der Waals surface area contributed by atoms with Crippen molar-refractivity contribution in [3.63, 3.8) is 0 Å². The molecule has 0 aliphatic heterocycles. The molecule has 246 valence electrons. The van der Waals surface area contributed by atoms with E-state index < -0.39 is 16.6 Å². The number of rotatable bonds is 17. The van der Waals surface area contributed by atoms with Gasteiger partial charge in [0, 0.05) is 19.4 Å². The Kier molecular flexibility index (Phi) is 15.3. The van der Waals surface area contributed by atoms with Crippen molar-refractivity contribution < 1.29 is 27.9 Å². The third-order valence-corrected chi connectivity index (χ3v) is 18.5. The van der Waals surface area contributed by atoms with Crippen LogP contribution in [0.3, 0.4) is 0 Å². The van der Waals surface area contributed by atoms with E-state index in [0.29, 0.717) is 19.6 Å². The van der Waals surface area contributed by atoms with Crippen LogP contribution in [-0.2, 0) is 29.7 Å². The lowest BCUT2D eigenvalue weighted by atomic mass is 9.88. The maximum atomic E-state index is 11.6. The van der Waals surface area contributed by atoms with E-state index in [1.807, 2.05) is 31.2 Å². The molecule has 0 heterocycles. The van der Waals surface area contributed by atoms with Gasteiger partial charge in [-0.2, -0.15) is 0 Å². The number of methoxy groups -OCH3 is 2. The van der Waals surface area contributed by atoms with Crippen molar-refractivity contribution in [3.05, 3.63) is 53.1 Å². The van der Waals surface area contributed by atoms with Crippen LogP contribution in [0.25, 0.3) is 0 Å². The first-order chi connectivity index (χ1) is 19.7. The van der Waals surface area contributed by atoms with Crippen molar-refractivity contribution in [2.75, 3.05) is 20.8 Å². The number of hydrogen-bond acceptors (Lipinski definition) is 6. The average molecular weight is 635 g/mol. The van der Waals surface area contributed by atoms with E-state index >= 15 is 0 Å². The number of benzene rings is 1. The summed E-state index contributed by atoms with van der Waals surface area (Å²) in [5.41, 5.74) is 3.14. The Morgan fingerprint density at radius 3 is 1.86 bits per heavy atom. The van der Waals surface area contributed by atoms with Gasteiger partial charge in [0.15, 0.2) is 16.6 Å².